The maximum absolute atomic E-state index is 12.5. The molecule has 49 heavy (non-hydrogen) atoms. The van der Waals surface area contributed by atoms with E-state index in [9.17, 15) is 14.3 Å². The molecule has 0 saturated carbocycles. The van der Waals surface area contributed by atoms with Gasteiger partial charge in [-0.3, -0.25) is 13.8 Å². The first kappa shape index (κ1) is 48.2. The number of hydrogen-bond acceptors (Lipinski definition) is 7. The molecule has 8 nitrogen and oxygen atoms in total. The van der Waals surface area contributed by atoms with Crippen molar-refractivity contribution in [2.45, 2.75) is 206 Å². The van der Waals surface area contributed by atoms with Gasteiger partial charge < -0.3 is 20.1 Å². The Morgan fingerprint density at radius 1 is 0.592 bits per heavy atom. The van der Waals surface area contributed by atoms with Crippen LogP contribution in [0.5, 0.6) is 0 Å². The zero-order valence-corrected chi connectivity index (χ0v) is 33.1. The molecule has 0 aliphatic heterocycles. The van der Waals surface area contributed by atoms with E-state index in [2.05, 4.69) is 26.0 Å². The second kappa shape index (κ2) is 38.5. The van der Waals surface area contributed by atoms with Crippen molar-refractivity contribution in [3.05, 3.63) is 12.2 Å². The molecule has 0 aliphatic carbocycles. The lowest BCUT2D eigenvalue weighted by atomic mass is 10.0. The van der Waals surface area contributed by atoms with E-state index in [1.54, 1.807) is 0 Å². The van der Waals surface area contributed by atoms with Crippen LogP contribution in [-0.4, -0.2) is 49.9 Å². The van der Waals surface area contributed by atoms with E-state index >= 15 is 0 Å². The summed E-state index contributed by atoms with van der Waals surface area (Å²) in [6.45, 7) is 4.88. The van der Waals surface area contributed by atoms with Crippen LogP contribution in [0.4, 0.5) is 0 Å². The van der Waals surface area contributed by atoms with Gasteiger partial charge in [0, 0.05) is 19.6 Å². The summed E-state index contributed by atoms with van der Waals surface area (Å²) in [5, 5.41) is 0. The van der Waals surface area contributed by atoms with E-state index in [0.717, 1.165) is 51.4 Å². The van der Waals surface area contributed by atoms with Crippen molar-refractivity contribution in [1.29, 1.82) is 0 Å². The predicted octanol–water partition coefficient (Wildman–Crippen LogP) is 11.9. The van der Waals surface area contributed by atoms with Gasteiger partial charge in [-0.1, -0.05) is 174 Å². The van der Waals surface area contributed by atoms with Crippen LogP contribution >= 0.6 is 7.82 Å². The van der Waals surface area contributed by atoms with E-state index < -0.39 is 13.9 Å². The zero-order valence-electron chi connectivity index (χ0n) is 32.2. The number of carbonyl (C=O) groups excluding carboxylic acids is 1. The Balaban J connectivity index is 3.92. The molecular weight excluding hydrogens is 637 g/mol. The summed E-state index contributed by atoms with van der Waals surface area (Å²) >= 11 is 0. The highest BCUT2D eigenvalue weighted by atomic mass is 31.2. The third kappa shape index (κ3) is 38.3. The highest BCUT2D eigenvalue weighted by Gasteiger charge is 2.25. The molecule has 0 bridgehead atoms. The first-order valence-electron chi connectivity index (χ1n) is 20.7. The Hall–Kier alpha value is -0.760. The van der Waals surface area contributed by atoms with Crippen LogP contribution in [0, 0.1) is 0 Å². The average Bonchev–Trinajstić information content (AvgIpc) is 3.09. The van der Waals surface area contributed by atoms with Crippen molar-refractivity contribution in [1.82, 2.24) is 0 Å². The number of rotatable bonds is 40. The van der Waals surface area contributed by atoms with Gasteiger partial charge >= 0.3 is 13.8 Å². The van der Waals surface area contributed by atoms with E-state index in [-0.39, 0.29) is 32.3 Å². The molecule has 2 atom stereocenters. The van der Waals surface area contributed by atoms with Gasteiger partial charge in [-0.25, -0.2) is 4.57 Å². The fraction of sp³-hybridized carbons (Fsp3) is 0.925. The summed E-state index contributed by atoms with van der Waals surface area (Å²) < 4.78 is 33.3. The summed E-state index contributed by atoms with van der Waals surface area (Å²) in [6, 6.07) is 0. The molecule has 0 rings (SSSR count). The van der Waals surface area contributed by atoms with Crippen molar-refractivity contribution in [3.8, 4) is 0 Å². The number of ether oxygens (including phenoxy) is 2. The van der Waals surface area contributed by atoms with Gasteiger partial charge in [0.2, 0.25) is 0 Å². The molecule has 0 aromatic rings. The molecule has 0 saturated heterocycles. The van der Waals surface area contributed by atoms with Crippen molar-refractivity contribution in [3.63, 3.8) is 0 Å². The SMILES string of the molecule is CCC/C=C\CCCCCCCC(=O)OC(COCCCCCCCCCCCCCCCCCCCCCC)COP(=O)(O)OCCN. The lowest BCUT2D eigenvalue weighted by Gasteiger charge is -2.20. The van der Waals surface area contributed by atoms with Gasteiger partial charge in [0.05, 0.1) is 19.8 Å². The second-order valence-electron chi connectivity index (χ2n) is 13.9. The van der Waals surface area contributed by atoms with E-state index in [1.165, 1.54) is 128 Å². The largest absolute Gasteiger partial charge is 0.472 e. The summed E-state index contributed by atoms with van der Waals surface area (Å²) in [6.07, 6.45) is 39.5. The van der Waals surface area contributed by atoms with Gasteiger partial charge in [0.1, 0.15) is 6.10 Å². The highest BCUT2D eigenvalue weighted by Crippen LogP contribution is 2.43. The minimum atomic E-state index is -4.27. The standard InChI is InChI=1S/C40H80NO7P/c1-3-5-7-9-11-13-15-16-17-18-19-20-21-22-23-24-26-28-30-32-35-45-37-39(38-47-49(43,44)46-36-34-41)48-40(42)33-31-29-27-25-14-12-10-8-6-4-2/h8,10,39H,3-7,9,11-38,41H2,1-2H3,(H,43,44)/b10-8-. The Labute approximate surface area is 303 Å². The molecule has 0 fully saturated rings. The Bertz CT molecular complexity index is 767. The van der Waals surface area contributed by atoms with Gasteiger partial charge in [0.15, 0.2) is 0 Å². The first-order valence-corrected chi connectivity index (χ1v) is 22.2. The minimum Gasteiger partial charge on any atom is -0.457 e. The summed E-state index contributed by atoms with van der Waals surface area (Å²) in [7, 11) is -4.27. The minimum absolute atomic E-state index is 0.0940. The Morgan fingerprint density at radius 2 is 1.06 bits per heavy atom. The van der Waals surface area contributed by atoms with Crippen LogP contribution in [-0.2, 0) is 27.9 Å². The Morgan fingerprint density at radius 3 is 1.57 bits per heavy atom. The van der Waals surface area contributed by atoms with Crippen molar-refractivity contribution >= 4 is 13.8 Å². The molecular formula is C40H80NO7P. The number of hydrogen-bond donors (Lipinski definition) is 2. The second-order valence-corrected chi connectivity index (χ2v) is 15.3. The number of unbranched alkanes of at least 4 members (excludes halogenated alkanes) is 25. The lowest BCUT2D eigenvalue weighted by molar-refractivity contribution is -0.154. The highest BCUT2D eigenvalue weighted by molar-refractivity contribution is 7.47. The quantitative estimate of drug-likeness (QED) is 0.0278. The molecule has 0 aliphatic rings. The van der Waals surface area contributed by atoms with Crippen LogP contribution in [0.3, 0.4) is 0 Å². The van der Waals surface area contributed by atoms with Crippen LogP contribution in [0.15, 0.2) is 12.2 Å². The normalized spacial score (nSPS) is 13.6. The maximum Gasteiger partial charge on any atom is 0.472 e. The number of phosphoric ester groups is 1. The number of nitrogens with two attached hydrogens (primary N) is 1. The summed E-state index contributed by atoms with van der Waals surface area (Å²) in [5.41, 5.74) is 5.35. The fourth-order valence-corrected chi connectivity index (χ4v) is 6.65. The number of allylic oxidation sites excluding steroid dienone is 2. The number of esters is 1. The summed E-state index contributed by atoms with van der Waals surface area (Å²) in [5.74, 6) is -0.339. The maximum atomic E-state index is 12.5. The lowest BCUT2D eigenvalue weighted by Crippen LogP contribution is -2.28. The fourth-order valence-electron chi connectivity index (χ4n) is 5.88. The summed E-state index contributed by atoms with van der Waals surface area (Å²) in [4.78, 5) is 22.3. The molecule has 0 aromatic heterocycles. The van der Waals surface area contributed by atoms with Gasteiger partial charge in [-0.15, -0.1) is 0 Å². The molecule has 0 aromatic carbocycles. The van der Waals surface area contributed by atoms with Gasteiger partial charge in [-0.2, -0.15) is 0 Å². The molecule has 3 N–H and O–H groups in total. The van der Waals surface area contributed by atoms with Gasteiger partial charge in [0.25, 0.3) is 0 Å². The van der Waals surface area contributed by atoms with Crippen LogP contribution in [0.1, 0.15) is 200 Å². The molecule has 9 heteroatoms. The topological polar surface area (TPSA) is 117 Å². The molecule has 292 valence electrons. The average molecular weight is 718 g/mol. The van der Waals surface area contributed by atoms with Crippen molar-refractivity contribution in [2.24, 2.45) is 5.73 Å². The molecule has 0 radical (unpaired) electrons. The van der Waals surface area contributed by atoms with E-state index in [4.69, 9.17) is 24.3 Å². The van der Waals surface area contributed by atoms with Crippen molar-refractivity contribution in [2.75, 3.05) is 33.0 Å². The van der Waals surface area contributed by atoms with E-state index in [0.29, 0.717) is 13.0 Å². The molecule has 0 heterocycles. The van der Waals surface area contributed by atoms with Crippen LogP contribution in [0.2, 0.25) is 0 Å². The number of carbonyl (C=O) groups is 1. The van der Waals surface area contributed by atoms with E-state index in [1.807, 2.05) is 0 Å². The monoisotopic (exact) mass is 718 g/mol. The zero-order chi connectivity index (χ0) is 35.9. The Kier molecular flexibility index (Phi) is 37.9. The van der Waals surface area contributed by atoms with Crippen LogP contribution in [0.25, 0.3) is 0 Å². The molecule has 2 unspecified atom stereocenters. The van der Waals surface area contributed by atoms with Crippen LogP contribution < -0.4 is 5.73 Å². The molecule has 0 amide bonds. The predicted molar refractivity (Wildman–Crippen MR) is 206 cm³/mol. The van der Waals surface area contributed by atoms with Crippen molar-refractivity contribution < 1.29 is 32.8 Å². The third-order valence-corrected chi connectivity index (χ3v) is 9.90. The first-order chi connectivity index (χ1) is 23.9. The van der Waals surface area contributed by atoms with Gasteiger partial charge in [-0.05, 0) is 32.1 Å². The molecule has 0 spiro atoms. The number of phosphoric acid groups is 1. The third-order valence-electron chi connectivity index (χ3n) is 8.91. The smallest absolute Gasteiger partial charge is 0.457 e.